The fraction of sp³-hybridized carbons (Fsp3) is 0.500. The normalized spacial score (nSPS) is 27.0. The summed E-state index contributed by atoms with van der Waals surface area (Å²) in [4.78, 5) is 21.1. The Labute approximate surface area is 201 Å². The van der Waals surface area contributed by atoms with Crippen LogP contribution >= 0.6 is 0 Å². The van der Waals surface area contributed by atoms with Crippen LogP contribution in [-0.2, 0) is 15.3 Å². The van der Waals surface area contributed by atoms with Gasteiger partial charge in [0.25, 0.3) is 0 Å². The van der Waals surface area contributed by atoms with Gasteiger partial charge in [0.1, 0.15) is 0 Å². The van der Waals surface area contributed by atoms with E-state index >= 15 is 0 Å². The number of rotatable bonds is 6. The Morgan fingerprint density at radius 1 is 1.16 bits per heavy atom. The number of benzene rings is 1. The summed E-state index contributed by atoms with van der Waals surface area (Å²) in [5.41, 5.74) is 1.59. The van der Waals surface area contributed by atoms with E-state index in [1.807, 2.05) is 0 Å². The molecular weight excluding hydrogens is 537 g/mol. The number of urea groups is 1. The van der Waals surface area contributed by atoms with Crippen molar-refractivity contribution in [3.63, 3.8) is 0 Å². The topological polar surface area (TPSA) is 79.4 Å². The Kier molecular flexibility index (Phi) is 6.55. The Bertz CT molecular complexity index is 1080. The minimum atomic E-state index is -3.47. The summed E-state index contributed by atoms with van der Waals surface area (Å²) in [6.45, 7) is 2.84. The molecule has 0 bridgehead atoms. The number of halogens is 1. The van der Waals surface area contributed by atoms with Crippen LogP contribution in [0.2, 0.25) is 0 Å². The number of sulfone groups is 1. The standard InChI is InChI=1S/C24H31IN3O3S/c1-18(25-2)15-23(19-7-5-4-6-8-19)10-12-24(13-11-23)17-28(22(29)27-24)20-16-26-14-9-21(20)32(3,30)31/h4-9,14,16,18H,10-13,15,17H2,1-3H3,(H,27,29)/q-1. The van der Waals surface area contributed by atoms with Gasteiger partial charge in [0, 0.05) is 0 Å². The predicted octanol–water partition coefficient (Wildman–Crippen LogP) is 0.763. The van der Waals surface area contributed by atoms with E-state index in [4.69, 9.17) is 0 Å². The molecule has 1 aliphatic heterocycles. The number of hydrogen-bond donors (Lipinski definition) is 1. The number of nitrogens with zero attached hydrogens (tertiary/aromatic N) is 2. The Balaban J connectivity index is 1.59. The summed E-state index contributed by atoms with van der Waals surface area (Å²) in [6, 6.07) is 12.1. The van der Waals surface area contributed by atoms with Gasteiger partial charge in [-0.25, -0.2) is 0 Å². The van der Waals surface area contributed by atoms with Crippen molar-refractivity contribution in [3.8, 4) is 0 Å². The molecule has 2 heterocycles. The maximum absolute atomic E-state index is 13.0. The van der Waals surface area contributed by atoms with Crippen LogP contribution in [0, 0.1) is 0 Å². The van der Waals surface area contributed by atoms with Crippen molar-refractivity contribution in [2.45, 2.75) is 58.8 Å². The molecule has 0 radical (unpaired) electrons. The zero-order valence-corrected chi connectivity index (χ0v) is 21.8. The molecule has 2 aliphatic rings. The first-order chi connectivity index (χ1) is 15.2. The second-order valence-corrected chi connectivity index (χ2v) is 14.6. The Morgan fingerprint density at radius 2 is 1.84 bits per heavy atom. The molecule has 1 spiro atoms. The monoisotopic (exact) mass is 568 g/mol. The molecule has 6 nitrogen and oxygen atoms in total. The van der Waals surface area contributed by atoms with E-state index in [0.29, 0.717) is 12.2 Å². The molecule has 1 aliphatic carbocycles. The van der Waals surface area contributed by atoms with Gasteiger partial charge in [0.15, 0.2) is 0 Å². The average molecular weight is 569 g/mol. The third-order valence-corrected chi connectivity index (χ3v) is 10.8. The number of aromatic nitrogens is 1. The van der Waals surface area contributed by atoms with Gasteiger partial charge in [-0.3, -0.25) is 0 Å². The van der Waals surface area contributed by atoms with Crippen LogP contribution < -0.4 is 31.4 Å². The van der Waals surface area contributed by atoms with Crippen molar-refractivity contribution in [2.75, 3.05) is 22.6 Å². The Hall–Kier alpha value is -1.68. The van der Waals surface area contributed by atoms with Gasteiger partial charge in [0.2, 0.25) is 0 Å². The van der Waals surface area contributed by atoms with Gasteiger partial charge in [-0.05, 0) is 0 Å². The molecular formula is C24H31IN3O3S-. The van der Waals surface area contributed by atoms with Gasteiger partial charge in [0.05, 0.1) is 0 Å². The number of pyridine rings is 1. The molecule has 1 N–H and O–H groups in total. The molecule has 1 atom stereocenters. The second kappa shape index (κ2) is 8.93. The van der Waals surface area contributed by atoms with Crippen LogP contribution in [0.4, 0.5) is 10.5 Å². The molecule has 2 fully saturated rings. The molecule has 8 heteroatoms. The average Bonchev–Trinajstić information content (AvgIpc) is 3.11. The van der Waals surface area contributed by atoms with Gasteiger partial charge < -0.3 is 0 Å². The van der Waals surface area contributed by atoms with E-state index < -0.39 is 9.84 Å². The predicted molar refractivity (Wildman–Crippen MR) is 123 cm³/mol. The van der Waals surface area contributed by atoms with E-state index in [-0.39, 0.29) is 43.1 Å². The first-order valence-electron chi connectivity index (χ1n) is 11.0. The van der Waals surface area contributed by atoms with E-state index in [9.17, 15) is 13.2 Å². The van der Waals surface area contributed by atoms with E-state index in [2.05, 4.69) is 52.5 Å². The van der Waals surface area contributed by atoms with Gasteiger partial charge in [-0.2, -0.15) is 0 Å². The second-order valence-electron chi connectivity index (χ2n) is 9.26. The molecule has 2 aromatic rings. The number of nitrogens with one attached hydrogen (secondary N) is 1. The molecule has 2 amide bonds. The van der Waals surface area contributed by atoms with E-state index in [0.717, 1.165) is 29.6 Å². The molecule has 1 saturated carbocycles. The quantitative estimate of drug-likeness (QED) is 0.413. The van der Waals surface area contributed by atoms with Gasteiger partial charge in [-0.1, -0.05) is 0 Å². The van der Waals surface area contributed by atoms with Crippen LogP contribution in [0.25, 0.3) is 0 Å². The van der Waals surface area contributed by atoms with Crippen LogP contribution in [0.15, 0.2) is 53.7 Å². The van der Waals surface area contributed by atoms with Crippen molar-refractivity contribution in [2.24, 2.45) is 0 Å². The van der Waals surface area contributed by atoms with Crippen molar-refractivity contribution >= 4 is 21.6 Å². The number of carbonyl (C=O) groups is 1. The number of carbonyl (C=O) groups excluding carboxylic acids is 1. The van der Waals surface area contributed by atoms with Gasteiger partial charge in [-0.15, -0.1) is 0 Å². The minimum absolute atomic E-state index is 0.145. The zero-order chi connectivity index (χ0) is 23.0. The van der Waals surface area contributed by atoms with E-state index in [1.165, 1.54) is 36.7 Å². The fourth-order valence-corrected chi connectivity index (χ4v) is 7.43. The maximum atomic E-state index is 13.0. The molecule has 32 heavy (non-hydrogen) atoms. The van der Waals surface area contributed by atoms with Crippen LogP contribution in [-0.4, -0.2) is 46.6 Å². The molecule has 4 rings (SSSR count). The third kappa shape index (κ3) is 4.53. The number of amides is 2. The summed E-state index contributed by atoms with van der Waals surface area (Å²) in [5, 5.41) is 3.22. The number of hydrogen-bond acceptors (Lipinski definition) is 4. The molecule has 174 valence electrons. The number of alkyl halides is 2. The van der Waals surface area contributed by atoms with Crippen LogP contribution in [0.3, 0.4) is 0 Å². The summed E-state index contributed by atoms with van der Waals surface area (Å²) >= 11 is 0.171. The summed E-state index contributed by atoms with van der Waals surface area (Å²) < 4.78 is 25.3. The number of anilines is 1. The SMILES string of the molecule is C[I-]C(C)CC1(c2ccccc2)CCC2(CC1)CN(c1cnccc1S(C)(=O)=O)C(=O)N2. The van der Waals surface area contributed by atoms with Crippen molar-refractivity contribution < 1.29 is 34.4 Å². The van der Waals surface area contributed by atoms with Crippen LogP contribution in [0.5, 0.6) is 0 Å². The van der Waals surface area contributed by atoms with Crippen molar-refractivity contribution in [1.82, 2.24) is 10.3 Å². The van der Waals surface area contributed by atoms with Crippen LogP contribution in [0.1, 0.15) is 44.6 Å². The fourth-order valence-electron chi connectivity index (χ4n) is 5.30. The molecule has 1 unspecified atom stereocenters. The first-order valence-corrected chi connectivity index (χ1v) is 16.2. The Morgan fingerprint density at radius 3 is 2.47 bits per heavy atom. The molecule has 1 saturated heterocycles. The van der Waals surface area contributed by atoms with Crippen molar-refractivity contribution in [1.29, 1.82) is 0 Å². The van der Waals surface area contributed by atoms with E-state index in [1.54, 1.807) is 4.90 Å². The summed E-state index contributed by atoms with van der Waals surface area (Å²) in [5.74, 6) is 0. The molecule has 1 aromatic heterocycles. The van der Waals surface area contributed by atoms with Crippen molar-refractivity contribution in [3.05, 3.63) is 54.4 Å². The summed E-state index contributed by atoms with van der Waals surface area (Å²) in [6.07, 6.45) is 9.10. The van der Waals surface area contributed by atoms with Gasteiger partial charge >= 0.3 is 202 Å². The molecule has 1 aromatic carbocycles. The zero-order valence-electron chi connectivity index (χ0n) is 18.8. The summed E-state index contributed by atoms with van der Waals surface area (Å²) in [7, 11) is -3.47. The first kappa shape index (κ1) is 23.5. The third-order valence-electron chi connectivity index (χ3n) is 7.12.